The molecular weight excluding hydrogens is 280 g/mol. The second-order valence-electron chi connectivity index (χ2n) is 4.95. The van der Waals surface area contributed by atoms with Crippen molar-refractivity contribution in [3.05, 3.63) is 23.2 Å². The maximum Gasteiger partial charge on any atom is 0.227 e. The third-order valence-corrected chi connectivity index (χ3v) is 3.58. The van der Waals surface area contributed by atoms with Gasteiger partial charge in [-0.15, -0.1) is 0 Å². The third kappa shape index (κ3) is 2.72. The fourth-order valence-corrected chi connectivity index (χ4v) is 2.51. The molecule has 1 heterocycles. The lowest BCUT2D eigenvalue weighted by atomic mass is 10.1. The molecule has 1 fully saturated rings. The van der Waals surface area contributed by atoms with Crippen LogP contribution >= 0.6 is 11.6 Å². The molecule has 0 bridgehead atoms. The van der Waals surface area contributed by atoms with E-state index in [1.54, 1.807) is 37.2 Å². The zero-order valence-corrected chi connectivity index (χ0v) is 12.5. The van der Waals surface area contributed by atoms with Gasteiger partial charge < -0.3 is 14.5 Å². The van der Waals surface area contributed by atoms with Crippen LogP contribution in [0.5, 0.6) is 5.75 Å². The van der Waals surface area contributed by atoms with Crippen molar-refractivity contribution >= 4 is 29.1 Å². The number of nitrogens with zero attached hydrogens (tertiary/aromatic N) is 2. The van der Waals surface area contributed by atoms with Gasteiger partial charge in [0.15, 0.2) is 0 Å². The Morgan fingerprint density at radius 2 is 2.15 bits per heavy atom. The fourth-order valence-electron chi connectivity index (χ4n) is 2.35. The van der Waals surface area contributed by atoms with Gasteiger partial charge >= 0.3 is 0 Å². The van der Waals surface area contributed by atoms with Crippen molar-refractivity contribution < 1.29 is 14.3 Å². The number of carbonyl (C=O) groups excluding carboxylic acids is 2. The molecule has 0 aromatic heterocycles. The van der Waals surface area contributed by atoms with Crippen molar-refractivity contribution in [1.82, 2.24) is 4.90 Å². The topological polar surface area (TPSA) is 49.9 Å². The Labute approximate surface area is 123 Å². The van der Waals surface area contributed by atoms with Crippen molar-refractivity contribution in [2.24, 2.45) is 5.92 Å². The van der Waals surface area contributed by atoms with Gasteiger partial charge in [-0.3, -0.25) is 9.59 Å². The number of carbonyl (C=O) groups is 2. The number of rotatable bonds is 3. The lowest BCUT2D eigenvalue weighted by Gasteiger charge is -2.20. The number of methoxy groups -OCH3 is 1. The Morgan fingerprint density at radius 1 is 1.45 bits per heavy atom. The van der Waals surface area contributed by atoms with Gasteiger partial charge in [-0.1, -0.05) is 11.6 Å². The monoisotopic (exact) mass is 296 g/mol. The van der Waals surface area contributed by atoms with E-state index in [-0.39, 0.29) is 24.2 Å². The second kappa shape index (κ2) is 5.71. The fraction of sp³-hybridized carbons (Fsp3) is 0.429. The summed E-state index contributed by atoms with van der Waals surface area (Å²) in [6, 6.07) is 5.10. The van der Waals surface area contributed by atoms with Crippen LogP contribution < -0.4 is 9.64 Å². The lowest BCUT2D eigenvalue weighted by molar-refractivity contribution is -0.133. The van der Waals surface area contributed by atoms with Crippen LogP contribution in [0.1, 0.15) is 6.42 Å². The minimum Gasteiger partial charge on any atom is -0.495 e. The van der Waals surface area contributed by atoms with E-state index in [0.29, 0.717) is 23.0 Å². The van der Waals surface area contributed by atoms with Crippen molar-refractivity contribution in [1.29, 1.82) is 0 Å². The summed E-state index contributed by atoms with van der Waals surface area (Å²) in [6.07, 6.45) is 0.215. The van der Waals surface area contributed by atoms with Gasteiger partial charge in [0.25, 0.3) is 0 Å². The highest BCUT2D eigenvalue weighted by atomic mass is 35.5. The van der Waals surface area contributed by atoms with Crippen LogP contribution in [0, 0.1) is 5.92 Å². The zero-order chi connectivity index (χ0) is 14.9. The quantitative estimate of drug-likeness (QED) is 0.854. The Balaban J connectivity index is 2.28. The highest BCUT2D eigenvalue weighted by Crippen LogP contribution is 2.35. The molecule has 0 saturated carbocycles. The highest BCUT2D eigenvalue weighted by molar-refractivity contribution is 6.31. The van der Waals surface area contributed by atoms with E-state index < -0.39 is 0 Å². The van der Waals surface area contributed by atoms with E-state index in [4.69, 9.17) is 16.3 Å². The maximum atomic E-state index is 12.1. The number of anilines is 1. The molecule has 1 aromatic rings. The van der Waals surface area contributed by atoms with E-state index in [1.165, 1.54) is 12.0 Å². The molecule has 20 heavy (non-hydrogen) atoms. The molecule has 108 valence electrons. The molecule has 1 unspecified atom stereocenters. The van der Waals surface area contributed by atoms with E-state index in [0.717, 1.165) is 0 Å². The van der Waals surface area contributed by atoms with Gasteiger partial charge in [0.05, 0.1) is 18.7 Å². The van der Waals surface area contributed by atoms with Crippen LogP contribution in [-0.2, 0) is 9.59 Å². The smallest absolute Gasteiger partial charge is 0.227 e. The molecule has 1 aliphatic heterocycles. The zero-order valence-electron chi connectivity index (χ0n) is 11.7. The van der Waals surface area contributed by atoms with Crippen LogP contribution in [0.15, 0.2) is 18.2 Å². The average Bonchev–Trinajstić information content (AvgIpc) is 2.79. The molecule has 0 spiro atoms. The van der Waals surface area contributed by atoms with Crippen LogP contribution in [0.4, 0.5) is 5.69 Å². The Morgan fingerprint density at radius 3 is 2.75 bits per heavy atom. The minimum absolute atomic E-state index is 0.0400. The van der Waals surface area contributed by atoms with Crippen LogP contribution in [0.3, 0.4) is 0 Å². The van der Waals surface area contributed by atoms with Gasteiger partial charge in [-0.25, -0.2) is 0 Å². The Bertz CT molecular complexity index is 545. The summed E-state index contributed by atoms with van der Waals surface area (Å²) in [6.45, 7) is 0.354. The Hall–Kier alpha value is -1.75. The third-order valence-electron chi connectivity index (χ3n) is 3.35. The number of hydrogen-bond donors (Lipinski definition) is 0. The van der Waals surface area contributed by atoms with Gasteiger partial charge in [-0.2, -0.15) is 0 Å². The average molecular weight is 297 g/mol. The van der Waals surface area contributed by atoms with E-state index in [1.807, 2.05) is 0 Å². The number of amides is 2. The van der Waals surface area contributed by atoms with Crippen molar-refractivity contribution in [3.8, 4) is 5.75 Å². The van der Waals surface area contributed by atoms with Crippen molar-refractivity contribution in [3.63, 3.8) is 0 Å². The number of ether oxygens (including phenoxy) is 1. The summed E-state index contributed by atoms with van der Waals surface area (Å²) in [5.74, 6) is 0.120. The summed E-state index contributed by atoms with van der Waals surface area (Å²) >= 11 is 5.98. The molecule has 2 amide bonds. The summed E-state index contributed by atoms with van der Waals surface area (Å²) in [4.78, 5) is 27.2. The first-order valence-corrected chi connectivity index (χ1v) is 6.67. The molecule has 0 aliphatic carbocycles. The van der Waals surface area contributed by atoms with Crippen molar-refractivity contribution in [2.75, 3.05) is 32.6 Å². The van der Waals surface area contributed by atoms with E-state index in [9.17, 15) is 9.59 Å². The van der Waals surface area contributed by atoms with Crippen LogP contribution in [0.25, 0.3) is 0 Å². The predicted molar refractivity (Wildman–Crippen MR) is 77.2 cm³/mol. The number of hydrogen-bond acceptors (Lipinski definition) is 3. The van der Waals surface area contributed by atoms with E-state index in [2.05, 4.69) is 0 Å². The number of benzene rings is 1. The first-order chi connectivity index (χ1) is 9.43. The molecule has 1 saturated heterocycles. The number of halogens is 1. The molecule has 5 nitrogen and oxygen atoms in total. The first-order valence-electron chi connectivity index (χ1n) is 6.29. The second-order valence-corrected chi connectivity index (χ2v) is 5.39. The predicted octanol–water partition coefficient (Wildman–Crippen LogP) is 1.79. The normalized spacial score (nSPS) is 18.3. The molecule has 0 N–H and O–H groups in total. The van der Waals surface area contributed by atoms with Gasteiger partial charge in [0.2, 0.25) is 11.8 Å². The molecule has 1 atom stereocenters. The molecule has 1 aromatic carbocycles. The summed E-state index contributed by atoms with van der Waals surface area (Å²) in [7, 11) is 4.92. The highest BCUT2D eigenvalue weighted by Gasteiger charge is 2.36. The molecule has 0 radical (unpaired) electrons. The molecule has 1 aliphatic rings. The van der Waals surface area contributed by atoms with Gasteiger partial charge in [0, 0.05) is 32.1 Å². The van der Waals surface area contributed by atoms with Gasteiger partial charge in [-0.05, 0) is 18.2 Å². The Kier molecular flexibility index (Phi) is 4.18. The van der Waals surface area contributed by atoms with E-state index >= 15 is 0 Å². The lowest BCUT2D eigenvalue weighted by Crippen LogP contribution is -2.32. The SMILES string of the molecule is COc1ccc(Cl)cc1N1CC(C(=O)N(C)C)CC1=O. The first kappa shape index (κ1) is 14.7. The molecule has 6 heteroatoms. The van der Waals surface area contributed by atoms with Gasteiger partial charge in [0.1, 0.15) is 5.75 Å². The van der Waals surface area contributed by atoms with Crippen LogP contribution in [0.2, 0.25) is 5.02 Å². The molecule has 2 rings (SSSR count). The summed E-state index contributed by atoms with van der Waals surface area (Å²) in [5.41, 5.74) is 0.610. The largest absolute Gasteiger partial charge is 0.495 e. The standard InChI is InChI=1S/C14H17ClN2O3/c1-16(2)14(19)9-6-13(18)17(8-9)11-7-10(15)4-5-12(11)20-3/h4-5,7,9H,6,8H2,1-3H3. The minimum atomic E-state index is -0.318. The molecular formula is C14H17ClN2O3. The summed E-state index contributed by atoms with van der Waals surface area (Å²) < 4.78 is 5.26. The van der Waals surface area contributed by atoms with Crippen LogP contribution in [-0.4, -0.2) is 44.5 Å². The maximum absolute atomic E-state index is 12.1. The van der Waals surface area contributed by atoms with Crippen molar-refractivity contribution in [2.45, 2.75) is 6.42 Å². The summed E-state index contributed by atoms with van der Waals surface area (Å²) in [5, 5.41) is 0.524.